The van der Waals surface area contributed by atoms with Gasteiger partial charge in [0.2, 0.25) is 5.91 Å². The van der Waals surface area contributed by atoms with Crippen molar-refractivity contribution in [1.82, 2.24) is 15.5 Å². The molecule has 30 heavy (non-hydrogen) atoms. The van der Waals surface area contributed by atoms with Crippen molar-refractivity contribution >= 4 is 11.8 Å². The maximum Gasteiger partial charge on any atom is 0.573 e. The van der Waals surface area contributed by atoms with E-state index < -0.39 is 36.6 Å². The number of hydrogen-bond acceptors (Lipinski definition) is 4. The fraction of sp³-hybridized carbons (Fsp3) is 0.556. The fourth-order valence-corrected chi connectivity index (χ4v) is 3.77. The molecule has 2 amide bonds. The number of piperidine rings is 1. The Morgan fingerprint density at radius 3 is 2.33 bits per heavy atom. The van der Waals surface area contributed by atoms with Crippen molar-refractivity contribution in [2.75, 3.05) is 32.7 Å². The van der Waals surface area contributed by atoms with Gasteiger partial charge in [0.1, 0.15) is 12.3 Å². The number of hydrogen-bond donors (Lipinski definition) is 2. The minimum Gasteiger partial charge on any atom is -0.406 e. The molecule has 3 rings (SSSR count). The lowest BCUT2D eigenvalue weighted by atomic mass is 10.2. The van der Waals surface area contributed by atoms with Crippen LogP contribution in [0.25, 0.3) is 0 Å². The summed E-state index contributed by atoms with van der Waals surface area (Å²) in [5, 5.41) is 4.50. The van der Waals surface area contributed by atoms with Crippen LogP contribution in [0.5, 0.6) is 5.75 Å². The molecule has 1 aliphatic heterocycles. The average molecular weight is 439 g/mol. The number of carbonyl (C=O) groups is 2. The Morgan fingerprint density at radius 2 is 1.73 bits per heavy atom. The van der Waals surface area contributed by atoms with Gasteiger partial charge in [-0.15, -0.1) is 13.2 Å². The van der Waals surface area contributed by atoms with Crippen LogP contribution in [0.1, 0.15) is 10.4 Å². The van der Waals surface area contributed by atoms with Gasteiger partial charge >= 0.3 is 12.5 Å². The highest BCUT2D eigenvalue weighted by molar-refractivity contribution is 5.94. The Kier molecular flexibility index (Phi) is 6.16. The van der Waals surface area contributed by atoms with Crippen molar-refractivity contribution < 1.29 is 40.7 Å². The van der Waals surface area contributed by atoms with E-state index in [0.717, 1.165) is 12.1 Å². The number of carbonyl (C=O) groups excluding carboxylic acids is 2. The van der Waals surface area contributed by atoms with Crippen LogP contribution >= 0.6 is 0 Å². The monoisotopic (exact) mass is 439 g/mol. The van der Waals surface area contributed by atoms with E-state index in [9.17, 15) is 35.9 Å². The van der Waals surface area contributed by atoms with Gasteiger partial charge in [0, 0.05) is 25.2 Å². The summed E-state index contributed by atoms with van der Waals surface area (Å²) in [4.78, 5) is 25.5. The summed E-state index contributed by atoms with van der Waals surface area (Å²) in [6, 6.07) is 4.74. The van der Waals surface area contributed by atoms with E-state index in [2.05, 4.69) is 10.1 Å². The molecule has 2 fully saturated rings. The van der Waals surface area contributed by atoms with Gasteiger partial charge in [0.05, 0.1) is 6.54 Å². The molecule has 1 heterocycles. The second kappa shape index (κ2) is 8.32. The number of halogens is 6. The Bertz CT molecular complexity index is 786. The zero-order valence-corrected chi connectivity index (χ0v) is 15.5. The first kappa shape index (κ1) is 22.2. The third kappa shape index (κ3) is 6.25. The molecule has 2 unspecified atom stereocenters. The van der Waals surface area contributed by atoms with Gasteiger partial charge in [-0.2, -0.15) is 13.2 Å². The van der Waals surface area contributed by atoms with Crippen molar-refractivity contribution in [2.24, 2.45) is 17.8 Å². The second-order valence-corrected chi connectivity index (χ2v) is 7.36. The van der Waals surface area contributed by atoms with Crippen LogP contribution in [-0.2, 0) is 4.79 Å². The highest BCUT2D eigenvalue weighted by Crippen LogP contribution is 2.51. The number of rotatable bonds is 7. The highest BCUT2D eigenvalue weighted by atomic mass is 19.4. The van der Waals surface area contributed by atoms with Crippen molar-refractivity contribution in [3.8, 4) is 5.75 Å². The van der Waals surface area contributed by atoms with Crippen LogP contribution in [0.4, 0.5) is 26.3 Å². The van der Waals surface area contributed by atoms with Gasteiger partial charge in [-0.05, 0) is 36.0 Å². The zero-order chi connectivity index (χ0) is 22.1. The summed E-state index contributed by atoms with van der Waals surface area (Å²) < 4.78 is 76.9. The lowest BCUT2D eigenvalue weighted by Gasteiger charge is -2.19. The maximum atomic E-state index is 12.3. The van der Waals surface area contributed by atoms with Crippen LogP contribution in [-0.4, -0.2) is 62.0 Å². The van der Waals surface area contributed by atoms with E-state index in [4.69, 9.17) is 0 Å². The summed E-state index contributed by atoms with van der Waals surface area (Å²) >= 11 is 0. The summed E-state index contributed by atoms with van der Waals surface area (Å²) in [5.41, 5.74) is 0.0329. The first-order valence-corrected chi connectivity index (χ1v) is 9.11. The number of nitrogens with zero attached hydrogens (tertiary/aromatic N) is 1. The van der Waals surface area contributed by atoms with Crippen LogP contribution in [0.15, 0.2) is 24.3 Å². The highest BCUT2D eigenvalue weighted by Gasteiger charge is 2.55. The molecule has 0 aromatic heterocycles. The van der Waals surface area contributed by atoms with Gasteiger partial charge in [-0.25, -0.2) is 0 Å². The molecule has 2 aliphatic rings. The maximum absolute atomic E-state index is 12.3. The number of fused-ring (bicyclic) bond motifs is 1. The predicted molar refractivity (Wildman–Crippen MR) is 91.4 cm³/mol. The molecule has 1 aromatic carbocycles. The molecule has 12 heteroatoms. The molecule has 1 aliphatic carbocycles. The fourth-order valence-electron chi connectivity index (χ4n) is 3.77. The number of likely N-dealkylation sites (tertiary alicyclic amines) is 1. The topological polar surface area (TPSA) is 70.7 Å². The van der Waals surface area contributed by atoms with Gasteiger partial charge in [0.15, 0.2) is 0 Å². The largest absolute Gasteiger partial charge is 0.573 e. The molecule has 0 spiro atoms. The van der Waals surface area contributed by atoms with Gasteiger partial charge in [-0.1, -0.05) is 6.07 Å². The average Bonchev–Trinajstić information content (AvgIpc) is 3.07. The van der Waals surface area contributed by atoms with Crippen LogP contribution in [0, 0.1) is 17.8 Å². The number of amides is 2. The molecule has 2 atom stereocenters. The molecule has 1 aromatic rings. The summed E-state index contributed by atoms with van der Waals surface area (Å²) in [6.45, 7) is -0.0731. The van der Waals surface area contributed by atoms with Gasteiger partial charge < -0.3 is 15.4 Å². The number of ether oxygens (including phenoxy) is 1. The van der Waals surface area contributed by atoms with Crippen LogP contribution in [0.3, 0.4) is 0 Å². The third-order valence-electron chi connectivity index (χ3n) is 5.13. The predicted octanol–water partition coefficient (Wildman–Crippen LogP) is 2.17. The molecular formula is C18H19F6N3O3. The normalized spacial score (nSPS) is 23.6. The summed E-state index contributed by atoms with van der Waals surface area (Å²) in [6.07, 6.45) is -9.30. The Morgan fingerprint density at radius 1 is 1.07 bits per heavy atom. The second-order valence-electron chi connectivity index (χ2n) is 7.36. The van der Waals surface area contributed by atoms with Crippen LogP contribution in [0.2, 0.25) is 0 Å². The van der Waals surface area contributed by atoms with Crippen molar-refractivity contribution in [3.05, 3.63) is 29.8 Å². The molecule has 1 saturated carbocycles. The Labute approximate surface area is 167 Å². The third-order valence-corrected chi connectivity index (χ3v) is 5.13. The van der Waals surface area contributed by atoms with Crippen molar-refractivity contribution in [3.63, 3.8) is 0 Å². The van der Waals surface area contributed by atoms with Crippen molar-refractivity contribution in [1.29, 1.82) is 0 Å². The van der Waals surface area contributed by atoms with Gasteiger partial charge in [0.25, 0.3) is 5.91 Å². The minimum absolute atomic E-state index is 0.0329. The summed E-state index contributed by atoms with van der Waals surface area (Å²) in [5.74, 6) is -1.10. The Balaban J connectivity index is 1.39. The molecular weight excluding hydrogens is 420 g/mol. The van der Waals surface area contributed by atoms with Crippen molar-refractivity contribution in [2.45, 2.75) is 12.5 Å². The van der Waals surface area contributed by atoms with E-state index in [-0.39, 0.29) is 29.9 Å². The number of nitrogens with one attached hydrogen (secondary N) is 2. The first-order chi connectivity index (χ1) is 13.9. The lowest BCUT2D eigenvalue weighted by Crippen LogP contribution is -2.41. The molecule has 6 nitrogen and oxygen atoms in total. The smallest absolute Gasteiger partial charge is 0.406 e. The quantitative estimate of drug-likeness (QED) is 0.639. The van der Waals surface area contributed by atoms with E-state index in [1.54, 1.807) is 4.90 Å². The molecule has 1 saturated heterocycles. The SMILES string of the molecule is O=C(CN1CC2C(CNC(=O)c3cccc(OC(F)(F)F)c3)C2C1)NCC(F)(F)F. The molecule has 0 radical (unpaired) electrons. The summed E-state index contributed by atoms with van der Waals surface area (Å²) in [7, 11) is 0. The number of alkyl halides is 6. The van der Waals surface area contributed by atoms with E-state index in [0.29, 0.717) is 19.6 Å². The number of benzene rings is 1. The zero-order valence-electron chi connectivity index (χ0n) is 15.5. The standard InChI is InChI=1S/C18H19F6N3O3/c19-17(20,21)9-26-15(28)8-27-6-13-12(14(13)7-27)5-25-16(29)10-2-1-3-11(4-10)30-18(22,23)24/h1-4,12-14H,5-9H2,(H,25,29)(H,26,28). The van der Waals surface area contributed by atoms with Gasteiger partial charge in [-0.3, -0.25) is 14.5 Å². The van der Waals surface area contributed by atoms with E-state index in [1.165, 1.54) is 12.1 Å². The minimum atomic E-state index is -4.85. The van der Waals surface area contributed by atoms with Crippen LogP contribution < -0.4 is 15.4 Å². The molecule has 2 N–H and O–H groups in total. The lowest BCUT2D eigenvalue weighted by molar-refractivity contribution is -0.274. The molecule has 0 bridgehead atoms. The van der Waals surface area contributed by atoms with E-state index in [1.807, 2.05) is 5.32 Å². The first-order valence-electron chi connectivity index (χ1n) is 9.11. The van der Waals surface area contributed by atoms with E-state index >= 15 is 0 Å². The Hall–Kier alpha value is -2.50. The molecule has 166 valence electrons.